The van der Waals surface area contributed by atoms with Crippen molar-refractivity contribution in [1.29, 1.82) is 0 Å². The molecule has 0 aromatic heterocycles. The predicted molar refractivity (Wildman–Crippen MR) is 83.4 cm³/mol. The quantitative estimate of drug-likeness (QED) is 0.817. The van der Waals surface area contributed by atoms with E-state index >= 15 is 0 Å². The van der Waals surface area contributed by atoms with Gasteiger partial charge in [0, 0.05) is 13.1 Å². The van der Waals surface area contributed by atoms with E-state index < -0.39 is 0 Å². The summed E-state index contributed by atoms with van der Waals surface area (Å²) in [7, 11) is 0. The molecule has 0 radical (unpaired) electrons. The van der Waals surface area contributed by atoms with Crippen molar-refractivity contribution in [2.45, 2.75) is 26.8 Å². The Hall–Kier alpha value is -1.96. The molecule has 0 heterocycles. The molecule has 2 nitrogen and oxygen atoms in total. The molecule has 2 aromatic rings. The number of nitrogens with two attached hydrogens (primary N) is 1. The summed E-state index contributed by atoms with van der Waals surface area (Å²) in [4.78, 5) is 2.35. The van der Waals surface area contributed by atoms with Crippen LogP contribution in [0.3, 0.4) is 0 Å². The lowest BCUT2D eigenvalue weighted by Crippen LogP contribution is -2.24. The van der Waals surface area contributed by atoms with Crippen molar-refractivity contribution in [3.05, 3.63) is 59.7 Å². The van der Waals surface area contributed by atoms with Crippen LogP contribution in [-0.4, -0.2) is 6.54 Å². The average molecular weight is 254 g/mol. The largest absolute Gasteiger partial charge is 0.397 e. The molecule has 0 aliphatic carbocycles. The van der Waals surface area contributed by atoms with E-state index in [1.54, 1.807) is 0 Å². The molecule has 0 spiro atoms. The van der Waals surface area contributed by atoms with Crippen LogP contribution < -0.4 is 10.6 Å². The zero-order valence-corrected chi connectivity index (χ0v) is 11.8. The van der Waals surface area contributed by atoms with Crippen LogP contribution in [0.2, 0.25) is 0 Å². The highest BCUT2D eigenvalue weighted by Crippen LogP contribution is 2.24. The Bertz CT molecular complexity index is 534. The van der Waals surface area contributed by atoms with E-state index in [0.717, 1.165) is 30.9 Å². The molecule has 0 atom stereocenters. The zero-order chi connectivity index (χ0) is 13.7. The molecule has 0 bridgehead atoms. The van der Waals surface area contributed by atoms with Gasteiger partial charge in [-0.3, -0.25) is 0 Å². The van der Waals surface area contributed by atoms with Crippen molar-refractivity contribution >= 4 is 11.4 Å². The number of rotatable bonds is 5. The molecule has 0 unspecified atom stereocenters. The minimum Gasteiger partial charge on any atom is -0.397 e. The molecule has 0 fully saturated rings. The Kier molecular flexibility index (Phi) is 4.45. The first-order chi connectivity index (χ1) is 9.20. The smallest absolute Gasteiger partial charge is 0.0602 e. The first-order valence-electron chi connectivity index (χ1n) is 6.85. The maximum Gasteiger partial charge on any atom is 0.0602 e. The standard InChI is InChI=1S/C17H22N2/c1-3-11-19(17-10-5-4-9-16(17)18)13-15-8-6-7-14(2)12-15/h4-10,12H,3,11,13,18H2,1-2H3. The van der Waals surface area contributed by atoms with Crippen LogP contribution >= 0.6 is 0 Å². The van der Waals surface area contributed by atoms with Gasteiger partial charge in [0.15, 0.2) is 0 Å². The van der Waals surface area contributed by atoms with Gasteiger partial charge in [-0.25, -0.2) is 0 Å². The number of benzene rings is 2. The molecule has 0 saturated carbocycles. The minimum absolute atomic E-state index is 0.851. The number of para-hydroxylation sites is 2. The van der Waals surface area contributed by atoms with Crippen LogP contribution in [0.4, 0.5) is 11.4 Å². The normalized spacial score (nSPS) is 10.4. The average Bonchev–Trinajstić information content (AvgIpc) is 2.39. The zero-order valence-electron chi connectivity index (χ0n) is 11.8. The summed E-state index contributed by atoms with van der Waals surface area (Å²) in [5.74, 6) is 0. The molecule has 0 aliphatic heterocycles. The highest BCUT2D eigenvalue weighted by Gasteiger charge is 2.09. The highest BCUT2D eigenvalue weighted by atomic mass is 15.1. The van der Waals surface area contributed by atoms with Crippen molar-refractivity contribution in [3.63, 3.8) is 0 Å². The van der Waals surface area contributed by atoms with Gasteiger partial charge >= 0.3 is 0 Å². The Labute approximate surface area is 115 Å². The van der Waals surface area contributed by atoms with Crippen LogP contribution in [0.15, 0.2) is 48.5 Å². The van der Waals surface area contributed by atoms with Crippen LogP contribution in [0.1, 0.15) is 24.5 Å². The number of nitrogens with zero attached hydrogens (tertiary/aromatic N) is 1. The Morgan fingerprint density at radius 2 is 1.84 bits per heavy atom. The molecule has 0 saturated heterocycles. The number of hydrogen-bond acceptors (Lipinski definition) is 2. The third kappa shape index (κ3) is 3.50. The molecule has 0 aliphatic rings. The van der Waals surface area contributed by atoms with Gasteiger partial charge in [-0.15, -0.1) is 0 Å². The van der Waals surface area contributed by atoms with Crippen LogP contribution in [0, 0.1) is 6.92 Å². The molecular weight excluding hydrogens is 232 g/mol. The van der Waals surface area contributed by atoms with Gasteiger partial charge in [0.2, 0.25) is 0 Å². The van der Waals surface area contributed by atoms with Gasteiger partial charge in [0.1, 0.15) is 0 Å². The Morgan fingerprint density at radius 1 is 1.05 bits per heavy atom. The third-order valence-electron chi connectivity index (χ3n) is 3.23. The number of anilines is 2. The van der Waals surface area contributed by atoms with Gasteiger partial charge < -0.3 is 10.6 Å². The molecule has 2 N–H and O–H groups in total. The summed E-state index contributed by atoms with van der Waals surface area (Å²) in [6, 6.07) is 16.7. The third-order valence-corrected chi connectivity index (χ3v) is 3.23. The second-order valence-corrected chi connectivity index (χ2v) is 4.97. The maximum absolute atomic E-state index is 6.09. The summed E-state index contributed by atoms with van der Waals surface area (Å²) in [5.41, 5.74) is 10.7. The minimum atomic E-state index is 0.851. The molecular formula is C17H22N2. The maximum atomic E-state index is 6.09. The lowest BCUT2D eigenvalue weighted by atomic mass is 10.1. The van der Waals surface area contributed by atoms with Crippen molar-refractivity contribution in [1.82, 2.24) is 0 Å². The summed E-state index contributed by atoms with van der Waals surface area (Å²) < 4.78 is 0. The summed E-state index contributed by atoms with van der Waals surface area (Å²) in [6.45, 7) is 6.25. The van der Waals surface area contributed by atoms with E-state index in [-0.39, 0.29) is 0 Å². The van der Waals surface area contributed by atoms with Crippen molar-refractivity contribution in [3.8, 4) is 0 Å². The van der Waals surface area contributed by atoms with E-state index in [1.165, 1.54) is 11.1 Å². The Morgan fingerprint density at radius 3 is 2.53 bits per heavy atom. The van der Waals surface area contributed by atoms with E-state index in [2.05, 4.69) is 49.1 Å². The summed E-state index contributed by atoms with van der Waals surface area (Å²) in [6.07, 6.45) is 1.11. The van der Waals surface area contributed by atoms with E-state index in [1.807, 2.05) is 18.2 Å². The lowest BCUT2D eigenvalue weighted by molar-refractivity contribution is 0.768. The highest BCUT2D eigenvalue weighted by molar-refractivity contribution is 5.67. The number of aryl methyl sites for hydroxylation is 1. The van der Waals surface area contributed by atoms with Crippen molar-refractivity contribution in [2.75, 3.05) is 17.2 Å². The van der Waals surface area contributed by atoms with E-state index in [0.29, 0.717) is 0 Å². The summed E-state index contributed by atoms with van der Waals surface area (Å²) >= 11 is 0. The molecule has 2 heteroatoms. The topological polar surface area (TPSA) is 29.3 Å². The van der Waals surface area contributed by atoms with Gasteiger partial charge in [-0.2, -0.15) is 0 Å². The second kappa shape index (κ2) is 6.28. The van der Waals surface area contributed by atoms with Crippen LogP contribution in [-0.2, 0) is 6.54 Å². The molecule has 2 aromatic carbocycles. The van der Waals surface area contributed by atoms with E-state index in [4.69, 9.17) is 5.73 Å². The van der Waals surface area contributed by atoms with Crippen molar-refractivity contribution in [2.24, 2.45) is 0 Å². The fraction of sp³-hybridized carbons (Fsp3) is 0.294. The monoisotopic (exact) mass is 254 g/mol. The molecule has 19 heavy (non-hydrogen) atoms. The number of nitrogen functional groups attached to an aromatic ring is 1. The first-order valence-corrected chi connectivity index (χ1v) is 6.85. The molecule has 2 rings (SSSR count). The van der Waals surface area contributed by atoms with Crippen LogP contribution in [0.25, 0.3) is 0 Å². The van der Waals surface area contributed by atoms with Crippen LogP contribution in [0.5, 0.6) is 0 Å². The lowest BCUT2D eigenvalue weighted by Gasteiger charge is -2.26. The predicted octanol–water partition coefficient (Wildman–Crippen LogP) is 3.99. The SMILES string of the molecule is CCCN(Cc1cccc(C)c1)c1ccccc1N. The van der Waals surface area contributed by atoms with Crippen molar-refractivity contribution < 1.29 is 0 Å². The Balaban J connectivity index is 2.24. The molecule has 0 amide bonds. The van der Waals surface area contributed by atoms with Gasteiger partial charge in [-0.1, -0.05) is 48.9 Å². The number of hydrogen-bond donors (Lipinski definition) is 1. The summed E-state index contributed by atoms with van der Waals surface area (Å²) in [5, 5.41) is 0. The van der Waals surface area contributed by atoms with Gasteiger partial charge in [0.25, 0.3) is 0 Å². The van der Waals surface area contributed by atoms with E-state index in [9.17, 15) is 0 Å². The fourth-order valence-electron chi connectivity index (χ4n) is 2.36. The first kappa shape index (κ1) is 13.5. The molecule has 100 valence electrons. The fourth-order valence-corrected chi connectivity index (χ4v) is 2.36. The van der Waals surface area contributed by atoms with Gasteiger partial charge in [-0.05, 0) is 31.0 Å². The second-order valence-electron chi connectivity index (χ2n) is 4.97. The van der Waals surface area contributed by atoms with Gasteiger partial charge in [0.05, 0.1) is 11.4 Å².